The van der Waals surface area contributed by atoms with Crippen molar-refractivity contribution in [1.82, 2.24) is 5.32 Å². The van der Waals surface area contributed by atoms with Gasteiger partial charge < -0.3 is 19.2 Å². The predicted molar refractivity (Wildman–Crippen MR) is 107 cm³/mol. The molecular weight excluding hydrogens is 398 g/mol. The van der Waals surface area contributed by atoms with Crippen molar-refractivity contribution >= 4 is 34.4 Å². The van der Waals surface area contributed by atoms with Gasteiger partial charge in [0.05, 0.1) is 24.1 Å². The number of halogens is 1. The van der Waals surface area contributed by atoms with Crippen LogP contribution in [0.25, 0.3) is 11.0 Å². The summed E-state index contributed by atoms with van der Waals surface area (Å²) >= 11 is 5.96. The third kappa shape index (κ3) is 5.14. The molecule has 0 fully saturated rings. The van der Waals surface area contributed by atoms with E-state index in [1.165, 1.54) is 13.2 Å². The molecule has 2 aromatic carbocycles. The van der Waals surface area contributed by atoms with Gasteiger partial charge in [0, 0.05) is 29.6 Å². The zero-order valence-electron chi connectivity index (χ0n) is 15.6. The number of carbonyl (C=O) groups excluding carboxylic acids is 2. The zero-order chi connectivity index (χ0) is 20.8. The number of esters is 1. The van der Waals surface area contributed by atoms with Crippen LogP contribution in [-0.4, -0.2) is 25.5 Å². The summed E-state index contributed by atoms with van der Waals surface area (Å²) in [7, 11) is 1.51. The Balaban J connectivity index is 1.56. The average Bonchev–Trinajstić information content (AvgIpc) is 2.71. The second-order valence-corrected chi connectivity index (χ2v) is 6.51. The van der Waals surface area contributed by atoms with E-state index in [-0.39, 0.29) is 25.5 Å². The van der Waals surface area contributed by atoms with E-state index in [1.54, 1.807) is 42.5 Å². The normalized spacial score (nSPS) is 10.6. The number of hydrogen-bond donors (Lipinski definition) is 1. The Bertz CT molecular complexity index is 1110. The molecule has 1 amide bonds. The summed E-state index contributed by atoms with van der Waals surface area (Å²) in [6, 6.07) is 12.9. The maximum Gasteiger partial charge on any atom is 0.336 e. The zero-order valence-corrected chi connectivity index (χ0v) is 16.3. The van der Waals surface area contributed by atoms with E-state index in [1.807, 2.05) is 0 Å². The van der Waals surface area contributed by atoms with Crippen molar-refractivity contribution in [2.24, 2.45) is 0 Å². The van der Waals surface area contributed by atoms with Gasteiger partial charge >= 0.3 is 11.6 Å². The molecule has 7 nitrogen and oxygen atoms in total. The molecule has 0 unspecified atom stereocenters. The number of benzene rings is 2. The Morgan fingerprint density at radius 3 is 2.69 bits per heavy atom. The molecule has 29 heavy (non-hydrogen) atoms. The van der Waals surface area contributed by atoms with Crippen molar-refractivity contribution in [2.75, 3.05) is 13.7 Å². The highest BCUT2D eigenvalue weighted by Gasteiger charge is 2.12. The maximum absolute atomic E-state index is 12.1. The van der Waals surface area contributed by atoms with E-state index in [9.17, 15) is 14.4 Å². The SMILES string of the molecule is COc1ccc2c(COC(=O)CCNC(=O)c3ccccc3Cl)cc(=O)oc2c1. The molecule has 150 valence electrons. The molecule has 0 atom stereocenters. The fourth-order valence-corrected chi connectivity index (χ4v) is 2.93. The third-order valence-electron chi connectivity index (χ3n) is 4.16. The molecular formula is C21H18ClNO6. The van der Waals surface area contributed by atoms with Crippen molar-refractivity contribution in [2.45, 2.75) is 13.0 Å². The molecule has 0 saturated heterocycles. The number of rotatable bonds is 7. The highest BCUT2D eigenvalue weighted by molar-refractivity contribution is 6.33. The first-order valence-electron chi connectivity index (χ1n) is 8.77. The van der Waals surface area contributed by atoms with Crippen LogP contribution in [0.4, 0.5) is 0 Å². The van der Waals surface area contributed by atoms with Crippen LogP contribution in [0.2, 0.25) is 5.02 Å². The molecule has 0 aliphatic carbocycles. The third-order valence-corrected chi connectivity index (χ3v) is 4.49. The lowest BCUT2D eigenvalue weighted by atomic mass is 10.1. The van der Waals surface area contributed by atoms with Crippen LogP contribution in [0.5, 0.6) is 5.75 Å². The number of nitrogens with one attached hydrogen (secondary N) is 1. The van der Waals surface area contributed by atoms with Gasteiger partial charge in [0.15, 0.2) is 0 Å². The van der Waals surface area contributed by atoms with Gasteiger partial charge in [0.25, 0.3) is 5.91 Å². The molecule has 3 aromatic rings. The minimum atomic E-state index is -0.552. The van der Waals surface area contributed by atoms with Crippen LogP contribution in [-0.2, 0) is 16.1 Å². The lowest BCUT2D eigenvalue weighted by molar-refractivity contribution is -0.144. The number of methoxy groups -OCH3 is 1. The first-order chi connectivity index (χ1) is 14.0. The summed E-state index contributed by atoms with van der Waals surface area (Å²) in [6.07, 6.45) is -0.0244. The van der Waals surface area contributed by atoms with Crippen molar-refractivity contribution in [3.05, 3.63) is 75.1 Å². The lowest BCUT2D eigenvalue weighted by Gasteiger charge is -2.09. The van der Waals surface area contributed by atoms with Crippen LogP contribution < -0.4 is 15.7 Å². The Hall–Kier alpha value is -3.32. The Labute approximate surface area is 171 Å². The molecule has 0 bridgehead atoms. The van der Waals surface area contributed by atoms with Gasteiger partial charge in [-0.25, -0.2) is 4.79 Å². The van der Waals surface area contributed by atoms with Crippen LogP contribution >= 0.6 is 11.6 Å². The number of ether oxygens (including phenoxy) is 2. The highest BCUT2D eigenvalue weighted by Crippen LogP contribution is 2.23. The molecule has 0 aliphatic rings. The summed E-state index contributed by atoms with van der Waals surface area (Å²) in [4.78, 5) is 35.8. The fraction of sp³-hybridized carbons (Fsp3) is 0.190. The quantitative estimate of drug-likeness (QED) is 0.470. The summed E-state index contributed by atoms with van der Waals surface area (Å²) in [5.74, 6) is -0.340. The summed E-state index contributed by atoms with van der Waals surface area (Å²) in [5.41, 5.74) is 0.645. The van der Waals surface area contributed by atoms with E-state index in [2.05, 4.69) is 5.32 Å². The van der Waals surface area contributed by atoms with E-state index in [0.29, 0.717) is 32.9 Å². The number of hydrogen-bond acceptors (Lipinski definition) is 6. The minimum absolute atomic E-state index is 0.0244. The molecule has 3 rings (SSSR count). The van der Waals surface area contributed by atoms with Crippen molar-refractivity contribution in [3.8, 4) is 5.75 Å². The molecule has 0 radical (unpaired) electrons. The fourth-order valence-electron chi connectivity index (χ4n) is 2.71. The number of amides is 1. The van der Waals surface area contributed by atoms with Crippen molar-refractivity contribution in [1.29, 1.82) is 0 Å². The standard InChI is InChI=1S/C21H18ClNO6/c1-27-14-6-7-15-13(10-20(25)29-18(15)11-14)12-28-19(24)8-9-23-21(26)16-4-2-3-5-17(16)22/h2-7,10-11H,8-9,12H2,1H3,(H,23,26). The summed E-state index contributed by atoms with van der Waals surface area (Å²) < 4.78 is 15.5. The van der Waals surface area contributed by atoms with Crippen LogP contribution in [0, 0.1) is 0 Å². The predicted octanol–water partition coefficient (Wildman–Crippen LogP) is 3.32. The van der Waals surface area contributed by atoms with E-state index in [4.69, 9.17) is 25.5 Å². The van der Waals surface area contributed by atoms with E-state index >= 15 is 0 Å². The van der Waals surface area contributed by atoms with Gasteiger partial charge in [-0.3, -0.25) is 9.59 Å². The van der Waals surface area contributed by atoms with Crippen LogP contribution in [0.15, 0.2) is 57.7 Å². The number of carbonyl (C=O) groups is 2. The molecule has 8 heteroatoms. The second kappa shape index (κ2) is 9.25. The first-order valence-corrected chi connectivity index (χ1v) is 9.15. The van der Waals surface area contributed by atoms with Gasteiger partial charge in [-0.05, 0) is 24.3 Å². The molecule has 1 N–H and O–H groups in total. The smallest absolute Gasteiger partial charge is 0.336 e. The molecule has 0 aliphatic heterocycles. The Morgan fingerprint density at radius 2 is 1.93 bits per heavy atom. The van der Waals surface area contributed by atoms with Crippen LogP contribution in [0.1, 0.15) is 22.3 Å². The topological polar surface area (TPSA) is 94.8 Å². The van der Waals surface area contributed by atoms with Gasteiger partial charge in [-0.1, -0.05) is 23.7 Å². The lowest BCUT2D eigenvalue weighted by Crippen LogP contribution is -2.26. The highest BCUT2D eigenvalue weighted by atomic mass is 35.5. The van der Waals surface area contributed by atoms with Crippen molar-refractivity contribution < 1.29 is 23.5 Å². The van der Waals surface area contributed by atoms with E-state index in [0.717, 1.165) is 0 Å². The Morgan fingerprint density at radius 1 is 1.14 bits per heavy atom. The van der Waals surface area contributed by atoms with Gasteiger partial charge in [0.2, 0.25) is 0 Å². The molecule has 0 spiro atoms. The summed E-state index contributed by atoms with van der Waals surface area (Å²) in [6.45, 7) is 0.00346. The molecule has 1 heterocycles. The Kier molecular flexibility index (Phi) is 6.51. The van der Waals surface area contributed by atoms with Gasteiger partial charge in [0.1, 0.15) is 17.9 Å². The monoisotopic (exact) mass is 415 g/mol. The average molecular weight is 416 g/mol. The second-order valence-electron chi connectivity index (χ2n) is 6.10. The van der Waals surface area contributed by atoms with E-state index < -0.39 is 11.6 Å². The summed E-state index contributed by atoms with van der Waals surface area (Å²) in [5, 5.41) is 3.59. The minimum Gasteiger partial charge on any atom is -0.497 e. The number of fused-ring (bicyclic) bond motifs is 1. The van der Waals surface area contributed by atoms with Gasteiger partial charge in [-0.2, -0.15) is 0 Å². The first kappa shape index (κ1) is 20.4. The molecule has 0 saturated carbocycles. The van der Waals surface area contributed by atoms with Crippen LogP contribution in [0.3, 0.4) is 0 Å². The van der Waals surface area contributed by atoms with Gasteiger partial charge in [-0.15, -0.1) is 0 Å². The maximum atomic E-state index is 12.1. The van der Waals surface area contributed by atoms with Crippen molar-refractivity contribution in [3.63, 3.8) is 0 Å². The largest absolute Gasteiger partial charge is 0.497 e. The molecule has 1 aromatic heterocycles.